The number of anilines is 4. The van der Waals surface area contributed by atoms with Crippen LogP contribution in [0, 0.1) is 13.8 Å². The molecule has 0 bridgehead atoms. The number of likely N-dealkylation sites (tertiary alicyclic amines) is 1. The van der Waals surface area contributed by atoms with Gasteiger partial charge in [-0.25, -0.2) is 0 Å². The fraction of sp³-hybridized carbons (Fsp3) is 0.417. The Hall–Kier alpha value is -6.84. The molecule has 4 aromatic heterocycles. The number of aromatic nitrogens is 6. The highest BCUT2D eigenvalue weighted by atomic mass is 32.1. The fourth-order valence-electron chi connectivity index (χ4n) is 6.78. The number of carbonyl (C=O) groups is 2. The number of carbonyl (C=O) groups excluding carboxylic acids is 2. The van der Waals surface area contributed by atoms with Gasteiger partial charge in [-0.1, -0.05) is 88.5 Å². The Morgan fingerprint density at radius 2 is 1.12 bits per heavy atom. The molecule has 6 aromatic rings. The lowest BCUT2D eigenvalue weighted by Crippen LogP contribution is -2.52. The van der Waals surface area contributed by atoms with Crippen molar-refractivity contribution in [2.24, 2.45) is 0 Å². The molecule has 19 nitrogen and oxygen atoms in total. The lowest BCUT2D eigenvalue weighted by atomic mass is 9.86. The Kier molecular flexibility index (Phi) is 15.1. The van der Waals surface area contributed by atoms with Crippen LogP contribution in [0.5, 0.6) is 45.4 Å². The van der Waals surface area contributed by atoms with Gasteiger partial charge in [-0.2, -0.15) is 29.9 Å². The highest BCUT2D eigenvalue weighted by Crippen LogP contribution is 2.38. The second-order valence-corrected chi connectivity index (χ2v) is 20.3. The van der Waals surface area contributed by atoms with Crippen LogP contribution in [0.4, 0.5) is 23.3 Å². The first-order valence-electron chi connectivity index (χ1n) is 22.1. The van der Waals surface area contributed by atoms with Crippen LogP contribution in [0.1, 0.15) is 84.8 Å². The Morgan fingerprint density at radius 3 is 1.55 bits per heavy atom. The number of likely N-dealkylation sites (N-methyl/N-ethyl adjacent to an activating group) is 1. The van der Waals surface area contributed by atoms with Crippen molar-refractivity contribution in [3.05, 3.63) is 80.8 Å². The third-order valence-corrected chi connectivity index (χ3v) is 12.3. The van der Waals surface area contributed by atoms with E-state index in [1.165, 1.54) is 36.9 Å². The highest BCUT2D eigenvalue weighted by molar-refractivity contribution is 7.12. The van der Waals surface area contributed by atoms with E-state index in [2.05, 4.69) is 104 Å². The first-order chi connectivity index (χ1) is 32.7. The number of aryl methyl sites for hydroxylation is 2. The molecule has 2 amide bonds. The molecule has 3 N–H and O–H groups in total. The van der Waals surface area contributed by atoms with Crippen molar-refractivity contribution < 1.29 is 38.0 Å². The number of amides is 2. The van der Waals surface area contributed by atoms with Crippen molar-refractivity contribution in [3.63, 3.8) is 0 Å². The van der Waals surface area contributed by atoms with Gasteiger partial charge in [-0.3, -0.25) is 9.59 Å². The van der Waals surface area contributed by atoms with Gasteiger partial charge in [0.05, 0.1) is 20.3 Å². The quantitative estimate of drug-likeness (QED) is 0.0688. The molecule has 0 atom stereocenters. The molecule has 69 heavy (non-hydrogen) atoms. The van der Waals surface area contributed by atoms with Gasteiger partial charge in [0.15, 0.2) is 11.4 Å². The zero-order chi connectivity index (χ0) is 49.8. The summed E-state index contributed by atoms with van der Waals surface area (Å²) in [5, 5.41) is 12.7. The van der Waals surface area contributed by atoms with Crippen LogP contribution in [0.25, 0.3) is 0 Å². The van der Waals surface area contributed by atoms with Crippen molar-refractivity contribution in [1.29, 1.82) is 0 Å². The largest absolute Gasteiger partial charge is 0.479 e. The van der Waals surface area contributed by atoms with Crippen LogP contribution in [0.2, 0.25) is 0 Å². The predicted molar refractivity (Wildman–Crippen MR) is 267 cm³/mol. The van der Waals surface area contributed by atoms with Crippen LogP contribution in [0.15, 0.2) is 47.2 Å². The van der Waals surface area contributed by atoms with Gasteiger partial charge in [-0.15, -0.1) is 0 Å². The summed E-state index contributed by atoms with van der Waals surface area (Å²) in [5.41, 5.74) is 4.23. The first kappa shape index (κ1) is 50.0. The van der Waals surface area contributed by atoms with Gasteiger partial charge < -0.3 is 54.2 Å². The molecule has 0 saturated carbocycles. The van der Waals surface area contributed by atoms with Gasteiger partial charge in [-0.05, 0) is 66.1 Å². The van der Waals surface area contributed by atoms with Crippen molar-refractivity contribution in [3.8, 4) is 45.4 Å². The minimum absolute atomic E-state index is 0.0000391. The van der Waals surface area contributed by atoms with Crippen molar-refractivity contribution in [2.45, 2.75) is 72.3 Å². The Bertz CT molecular complexity index is 2810. The minimum Gasteiger partial charge on any atom is -0.479 e. The average Bonchev–Trinajstić information content (AvgIpc) is 3.96. The van der Waals surface area contributed by atoms with E-state index in [1.807, 2.05) is 45.2 Å². The van der Waals surface area contributed by atoms with Crippen LogP contribution in [0.3, 0.4) is 0 Å². The number of methoxy groups -OCH3 is 2. The number of nitrogens with one attached hydrogen (secondary N) is 3. The summed E-state index contributed by atoms with van der Waals surface area (Å²) in [6.45, 7) is 18.0. The van der Waals surface area contributed by atoms with Crippen molar-refractivity contribution in [1.82, 2.24) is 34.8 Å². The summed E-state index contributed by atoms with van der Waals surface area (Å²) in [7, 11) is 8.38. The number of ether oxygens (including phenoxy) is 6. The number of hydrogen-bond donors (Lipinski definition) is 3. The van der Waals surface area contributed by atoms with Crippen LogP contribution in [-0.2, 0) is 10.8 Å². The van der Waals surface area contributed by atoms with Gasteiger partial charge in [0.1, 0.15) is 36.1 Å². The molecule has 1 saturated heterocycles. The molecule has 7 rings (SSSR count). The topological polar surface area (TPSA) is 209 Å². The highest BCUT2D eigenvalue weighted by Gasteiger charge is 2.28. The van der Waals surface area contributed by atoms with Crippen LogP contribution in [-0.4, -0.2) is 114 Å². The number of benzene rings is 2. The SMILES string of the molecule is COc1nc(NC2CN(C)C2)nc(OCCOc2nc(N(C)C)nc(OC)c2NC(=O)c2csc(Oc3cc(C(C)(C)C)ccc3C)n2)c1NC(=O)c1csc(Oc2cc(C(C)(C)C)ccc2C)n1. The molecule has 2 aromatic carbocycles. The third-order valence-electron chi connectivity index (χ3n) is 10.8. The Labute approximate surface area is 410 Å². The lowest BCUT2D eigenvalue weighted by molar-refractivity contribution is 0.101. The molecular weight excluding hydrogens is 923 g/mol. The molecule has 21 heteroatoms. The van der Waals surface area contributed by atoms with Gasteiger partial charge in [0.25, 0.3) is 22.2 Å². The van der Waals surface area contributed by atoms with E-state index in [4.69, 9.17) is 28.4 Å². The first-order valence-corrected chi connectivity index (χ1v) is 23.9. The Balaban J connectivity index is 1.08. The van der Waals surface area contributed by atoms with E-state index < -0.39 is 11.8 Å². The molecule has 1 aliphatic rings. The zero-order valence-electron chi connectivity index (χ0n) is 41.2. The van der Waals surface area contributed by atoms with E-state index in [1.54, 1.807) is 29.8 Å². The third kappa shape index (κ3) is 12.3. The standard InChI is InChI=1S/C48H59N11O8S2/c1-26-14-16-28(47(3,4)5)20-33(26)66-45-50-31(24-68-45)37(60)52-35-39(62-12)54-43(49-30-22-59(11)23-30)55-41(35)64-18-19-65-42-36(40(63-13)56-44(57-42)58(9)10)53-38(61)32-25-69-46(51-32)67-34-21-29(48(6,7)8)17-15-27(34)2/h14-17,20-21,24-25,30H,18-19,22-23H2,1-13H3,(H,52,60)(H,53,61)(H,49,54,55). The summed E-state index contributed by atoms with van der Waals surface area (Å²) in [6.07, 6.45) is 0. The van der Waals surface area contributed by atoms with Crippen molar-refractivity contribution >= 4 is 57.8 Å². The monoisotopic (exact) mass is 981 g/mol. The summed E-state index contributed by atoms with van der Waals surface area (Å²) < 4.78 is 36.0. The summed E-state index contributed by atoms with van der Waals surface area (Å²) >= 11 is 2.37. The van der Waals surface area contributed by atoms with E-state index >= 15 is 0 Å². The number of hydrogen-bond acceptors (Lipinski definition) is 19. The molecule has 0 unspecified atom stereocenters. The van der Waals surface area contributed by atoms with Gasteiger partial charge >= 0.3 is 0 Å². The maximum atomic E-state index is 13.8. The molecular formula is C48H59N11O8S2. The maximum absolute atomic E-state index is 13.8. The molecule has 0 aliphatic carbocycles. The van der Waals surface area contributed by atoms with Crippen LogP contribution < -0.4 is 49.3 Å². The number of thiazole rings is 2. The van der Waals surface area contributed by atoms with Gasteiger partial charge in [0.2, 0.25) is 35.4 Å². The molecule has 1 aliphatic heterocycles. The molecule has 366 valence electrons. The lowest BCUT2D eigenvalue weighted by Gasteiger charge is -2.36. The predicted octanol–water partition coefficient (Wildman–Crippen LogP) is 8.75. The van der Waals surface area contributed by atoms with Crippen molar-refractivity contribution in [2.75, 3.05) is 82.5 Å². The molecule has 1 fully saturated rings. The normalized spacial score (nSPS) is 13.0. The summed E-state index contributed by atoms with van der Waals surface area (Å²) in [5.74, 6) is 0.746. The molecule has 5 heterocycles. The second kappa shape index (κ2) is 20.8. The maximum Gasteiger partial charge on any atom is 0.279 e. The fourth-order valence-corrected chi connectivity index (χ4v) is 8.10. The zero-order valence-corrected chi connectivity index (χ0v) is 42.8. The smallest absolute Gasteiger partial charge is 0.279 e. The number of nitrogens with zero attached hydrogens (tertiary/aromatic N) is 8. The summed E-state index contributed by atoms with van der Waals surface area (Å²) in [6, 6.07) is 12.2. The van der Waals surface area contributed by atoms with E-state index in [0.717, 1.165) is 35.3 Å². The molecule has 0 radical (unpaired) electrons. The molecule has 0 spiro atoms. The van der Waals surface area contributed by atoms with Gasteiger partial charge in [0, 0.05) is 37.9 Å². The average molecular weight is 982 g/mol. The summed E-state index contributed by atoms with van der Waals surface area (Å²) in [4.78, 5) is 58.6. The van der Waals surface area contributed by atoms with E-state index in [0.29, 0.717) is 21.9 Å². The minimum atomic E-state index is -0.573. The second-order valence-electron chi connectivity index (χ2n) is 18.7. The van der Waals surface area contributed by atoms with E-state index in [-0.39, 0.29) is 88.3 Å². The van der Waals surface area contributed by atoms with E-state index in [9.17, 15) is 9.59 Å². The van der Waals surface area contributed by atoms with Crippen LogP contribution >= 0.6 is 22.7 Å². The number of rotatable bonds is 18. The Morgan fingerprint density at radius 1 is 0.681 bits per heavy atom.